The maximum absolute atomic E-state index is 12.3. The summed E-state index contributed by atoms with van der Waals surface area (Å²) >= 11 is 0. The third-order valence-electron chi connectivity index (χ3n) is 4.39. The summed E-state index contributed by atoms with van der Waals surface area (Å²) in [5, 5.41) is 0. The number of rotatable bonds is 1. The number of likely N-dealkylation sites (tertiary alicyclic amines) is 2. The molecule has 2 rings (SSSR count). The Morgan fingerprint density at radius 3 is 2.41 bits per heavy atom. The van der Waals surface area contributed by atoms with Crippen LogP contribution in [0.25, 0.3) is 0 Å². The Morgan fingerprint density at radius 1 is 1.12 bits per heavy atom. The fourth-order valence-electron chi connectivity index (χ4n) is 3.10. The Bertz CT molecular complexity index is 259. The van der Waals surface area contributed by atoms with E-state index in [9.17, 15) is 4.79 Å². The molecule has 17 heavy (non-hydrogen) atoms. The topological polar surface area (TPSA) is 23.6 Å². The van der Waals surface area contributed by atoms with Crippen LogP contribution in [0.1, 0.15) is 46.0 Å². The average molecular weight is 238 g/mol. The van der Waals surface area contributed by atoms with Gasteiger partial charge in [0.25, 0.3) is 0 Å². The van der Waals surface area contributed by atoms with Crippen LogP contribution in [0.4, 0.5) is 4.79 Å². The SMILES string of the molecule is CCC1CCN(C(=O)N2CCCC(C)C2)CC1. The van der Waals surface area contributed by atoms with Crippen LogP contribution in [-0.4, -0.2) is 42.0 Å². The summed E-state index contributed by atoms with van der Waals surface area (Å²) in [6.07, 6.45) is 6.13. The van der Waals surface area contributed by atoms with E-state index in [0.717, 1.165) is 32.1 Å². The molecule has 2 saturated heterocycles. The Kier molecular flexibility index (Phi) is 4.30. The monoisotopic (exact) mass is 238 g/mol. The number of carbonyl (C=O) groups excluding carboxylic acids is 1. The first-order valence-electron chi connectivity index (χ1n) is 7.24. The van der Waals surface area contributed by atoms with E-state index in [0.29, 0.717) is 11.9 Å². The molecule has 2 heterocycles. The van der Waals surface area contributed by atoms with Crippen molar-refractivity contribution in [2.24, 2.45) is 11.8 Å². The molecule has 98 valence electrons. The van der Waals surface area contributed by atoms with Gasteiger partial charge in [-0.2, -0.15) is 0 Å². The molecule has 0 aliphatic carbocycles. The predicted octanol–water partition coefficient (Wildman–Crippen LogP) is 2.96. The third kappa shape index (κ3) is 3.14. The van der Waals surface area contributed by atoms with Crippen molar-refractivity contribution >= 4 is 6.03 Å². The van der Waals surface area contributed by atoms with Crippen molar-refractivity contribution in [3.63, 3.8) is 0 Å². The van der Waals surface area contributed by atoms with Crippen molar-refractivity contribution in [1.82, 2.24) is 9.80 Å². The molecule has 0 aromatic heterocycles. The average Bonchev–Trinajstić information content (AvgIpc) is 2.38. The van der Waals surface area contributed by atoms with Crippen LogP contribution in [0.2, 0.25) is 0 Å². The van der Waals surface area contributed by atoms with Crippen molar-refractivity contribution < 1.29 is 4.79 Å². The number of piperidine rings is 2. The highest BCUT2D eigenvalue weighted by Gasteiger charge is 2.27. The van der Waals surface area contributed by atoms with Crippen LogP contribution in [0.15, 0.2) is 0 Å². The molecule has 0 aromatic carbocycles. The summed E-state index contributed by atoms with van der Waals surface area (Å²) in [5.41, 5.74) is 0. The summed E-state index contributed by atoms with van der Waals surface area (Å²) in [6.45, 7) is 8.39. The first kappa shape index (κ1) is 12.7. The second-order valence-electron chi connectivity index (χ2n) is 5.81. The third-order valence-corrected chi connectivity index (χ3v) is 4.39. The fourth-order valence-corrected chi connectivity index (χ4v) is 3.10. The van der Waals surface area contributed by atoms with Crippen LogP contribution >= 0.6 is 0 Å². The molecule has 0 bridgehead atoms. The van der Waals surface area contributed by atoms with E-state index in [2.05, 4.69) is 23.6 Å². The van der Waals surface area contributed by atoms with Crippen LogP contribution in [-0.2, 0) is 0 Å². The summed E-state index contributed by atoms with van der Waals surface area (Å²) in [7, 11) is 0. The first-order chi connectivity index (χ1) is 8.20. The minimum atomic E-state index is 0.297. The maximum atomic E-state index is 12.3. The summed E-state index contributed by atoms with van der Waals surface area (Å²) in [5.74, 6) is 1.53. The van der Waals surface area contributed by atoms with Crippen molar-refractivity contribution in [2.75, 3.05) is 26.2 Å². The Morgan fingerprint density at radius 2 is 1.82 bits per heavy atom. The van der Waals surface area contributed by atoms with Gasteiger partial charge in [0.1, 0.15) is 0 Å². The number of carbonyl (C=O) groups is 1. The van der Waals surface area contributed by atoms with Crippen LogP contribution in [0.3, 0.4) is 0 Å². The van der Waals surface area contributed by atoms with Gasteiger partial charge in [0.15, 0.2) is 0 Å². The van der Waals surface area contributed by atoms with Gasteiger partial charge in [0.2, 0.25) is 0 Å². The largest absolute Gasteiger partial charge is 0.325 e. The molecule has 2 aliphatic heterocycles. The molecule has 2 aliphatic rings. The molecule has 3 heteroatoms. The van der Waals surface area contributed by atoms with Crippen molar-refractivity contribution in [3.05, 3.63) is 0 Å². The van der Waals surface area contributed by atoms with Crippen LogP contribution in [0, 0.1) is 11.8 Å². The van der Waals surface area contributed by atoms with E-state index in [4.69, 9.17) is 0 Å². The van der Waals surface area contributed by atoms with E-state index >= 15 is 0 Å². The smallest absolute Gasteiger partial charge is 0.320 e. The van der Waals surface area contributed by atoms with Gasteiger partial charge in [-0.3, -0.25) is 0 Å². The molecule has 2 fully saturated rings. The Hall–Kier alpha value is -0.730. The van der Waals surface area contributed by atoms with E-state index in [-0.39, 0.29) is 0 Å². The molecule has 0 radical (unpaired) electrons. The van der Waals surface area contributed by atoms with Gasteiger partial charge < -0.3 is 9.80 Å². The molecule has 2 amide bonds. The number of nitrogens with zero attached hydrogens (tertiary/aromatic N) is 2. The van der Waals surface area contributed by atoms with Gasteiger partial charge in [-0.25, -0.2) is 4.79 Å². The van der Waals surface area contributed by atoms with E-state index in [1.165, 1.54) is 32.1 Å². The second kappa shape index (κ2) is 5.74. The highest BCUT2D eigenvalue weighted by Crippen LogP contribution is 2.22. The van der Waals surface area contributed by atoms with Gasteiger partial charge in [-0.05, 0) is 37.5 Å². The van der Waals surface area contributed by atoms with Crippen LogP contribution in [0.5, 0.6) is 0 Å². The zero-order valence-electron chi connectivity index (χ0n) is 11.3. The van der Waals surface area contributed by atoms with Crippen molar-refractivity contribution in [2.45, 2.75) is 46.0 Å². The Balaban J connectivity index is 1.83. The van der Waals surface area contributed by atoms with Crippen molar-refractivity contribution in [3.8, 4) is 0 Å². The molecule has 3 nitrogen and oxygen atoms in total. The van der Waals surface area contributed by atoms with E-state index in [1.54, 1.807) is 0 Å². The molecule has 0 N–H and O–H groups in total. The molecule has 1 unspecified atom stereocenters. The lowest BCUT2D eigenvalue weighted by Crippen LogP contribution is -2.49. The number of urea groups is 1. The quantitative estimate of drug-likeness (QED) is 0.689. The lowest BCUT2D eigenvalue weighted by Gasteiger charge is -2.38. The fraction of sp³-hybridized carbons (Fsp3) is 0.929. The predicted molar refractivity (Wildman–Crippen MR) is 70.0 cm³/mol. The normalized spacial score (nSPS) is 27.3. The van der Waals surface area contributed by atoms with Crippen LogP contribution < -0.4 is 0 Å². The van der Waals surface area contributed by atoms with Gasteiger partial charge >= 0.3 is 6.03 Å². The van der Waals surface area contributed by atoms with E-state index < -0.39 is 0 Å². The number of amides is 2. The van der Waals surface area contributed by atoms with Gasteiger partial charge in [0.05, 0.1) is 0 Å². The highest BCUT2D eigenvalue weighted by molar-refractivity contribution is 5.74. The summed E-state index contributed by atoms with van der Waals surface area (Å²) in [6, 6.07) is 0.297. The highest BCUT2D eigenvalue weighted by atomic mass is 16.2. The minimum absolute atomic E-state index is 0.297. The second-order valence-corrected chi connectivity index (χ2v) is 5.81. The lowest BCUT2D eigenvalue weighted by atomic mass is 9.94. The zero-order valence-corrected chi connectivity index (χ0v) is 11.3. The zero-order chi connectivity index (χ0) is 12.3. The van der Waals surface area contributed by atoms with Crippen molar-refractivity contribution in [1.29, 1.82) is 0 Å². The van der Waals surface area contributed by atoms with Gasteiger partial charge in [-0.1, -0.05) is 20.3 Å². The van der Waals surface area contributed by atoms with E-state index in [1.807, 2.05) is 0 Å². The Labute approximate surface area is 105 Å². The molecule has 0 aromatic rings. The molecule has 1 atom stereocenters. The number of hydrogen-bond donors (Lipinski definition) is 0. The first-order valence-corrected chi connectivity index (χ1v) is 7.24. The summed E-state index contributed by atoms with van der Waals surface area (Å²) in [4.78, 5) is 16.5. The minimum Gasteiger partial charge on any atom is -0.325 e. The molecule has 0 saturated carbocycles. The summed E-state index contributed by atoms with van der Waals surface area (Å²) < 4.78 is 0. The van der Waals surface area contributed by atoms with Gasteiger partial charge in [0, 0.05) is 26.2 Å². The molecular weight excluding hydrogens is 212 g/mol. The standard InChI is InChI=1S/C14H26N2O/c1-3-13-6-9-15(10-7-13)14(17)16-8-4-5-12(2)11-16/h12-13H,3-11H2,1-2H3. The lowest BCUT2D eigenvalue weighted by molar-refractivity contribution is 0.114. The molecule has 0 spiro atoms. The van der Waals surface area contributed by atoms with Gasteiger partial charge in [-0.15, -0.1) is 0 Å². The maximum Gasteiger partial charge on any atom is 0.320 e. The number of hydrogen-bond acceptors (Lipinski definition) is 1. The molecular formula is C14H26N2O.